The summed E-state index contributed by atoms with van der Waals surface area (Å²) in [6.07, 6.45) is 0. The van der Waals surface area contributed by atoms with E-state index in [9.17, 15) is 0 Å². The molecule has 0 saturated carbocycles. The summed E-state index contributed by atoms with van der Waals surface area (Å²) in [4.78, 5) is 0. The fourth-order valence-electron chi connectivity index (χ4n) is 0. The van der Waals surface area contributed by atoms with Gasteiger partial charge in [-0.2, -0.15) is 0 Å². The molecular formula is C2H9NaO4. The monoisotopic (exact) mass is 120 g/mol. The number of rotatable bonds is 1. The third-order valence-corrected chi connectivity index (χ3v) is 0.1000. The van der Waals surface area contributed by atoms with E-state index in [0.29, 0.717) is 0 Å². The van der Waals surface area contributed by atoms with Gasteiger partial charge in [0.15, 0.2) is 0 Å². The Bertz CT molecular complexity index is 11.7. The molecule has 0 aromatic heterocycles. The second-order valence-electron chi connectivity index (χ2n) is 0.447. The molecule has 0 fully saturated rings. The first-order valence-electron chi connectivity index (χ1n) is 1.13. The first-order valence-corrected chi connectivity index (χ1v) is 1.13. The zero-order valence-electron chi connectivity index (χ0n) is 4.26. The summed E-state index contributed by atoms with van der Waals surface area (Å²) >= 11 is 0. The van der Waals surface area contributed by atoms with E-state index in [4.69, 9.17) is 10.2 Å². The quantitative estimate of drug-likeness (QED) is 0.338. The molecule has 4 nitrogen and oxygen atoms in total. The van der Waals surface area contributed by atoms with E-state index < -0.39 is 0 Å². The minimum atomic E-state index is -0.125. The van der Waals surface area contributed by atoms with Crippen LogP contribution < -0.4 is 29.6 Å². The van der Waals surface area contributed by atoms with Gasteiger partial charge in [-0.15, -0.1) is 0 Å². The van der Waals surface area contributed by atoms with E-state index >= 15 is 0 Å². The predicted molar refractivity (Wildman–Crippen MR) is 19.7 cm³/mol. The van der Waals surface area contributed by atoms with Crippen LogP contribution in [-0.2, 0) is 0 Å². The molecule has 7 heavy (non-hydrogen) atoms. The van der Waals surface area contributed by atoms with Crippen molar-refractivity contribution in [2.75, 3.05) is 13.2 Å². The Labute approximate surface area is 64.1 Å². The van der Waals surface area contributed by atoms with Crippen molar-refractivity contribution in [1.29, 1.82) is 0 Å². The van der Waals surface area contributed by atoms with Crippen LogP contribution in [0.5, 0.6) is 0 Å². The molecule has 0 aliphatic carbocycles. The van der Waals surface area contributed by atoms with Gasteiger partial charge in [-0.1, -0.05) is 0 Å². The molecule has 0 spiro atoms. The smallest absolute Gasteiger partial charge is 0.870 e. The van der Waals surface area contributed by atoms with E-state index in [-0.39, 0.29) is 53.7 Å². The van der Waals surface area contributed by atoms with Gasteiger partial charge in [0.2, 0.25) is 0 Å². The molecule has 0 bridgehead atoms. The van der Waals surface area contributed by atoms with Crippen LogP contribution in [0.1, 0.15) is 0 Å². The fraction of sp³-hybridized carbons (Fsp3) is 1.00. The number of aliphatic hydroxyl groups excluding tert-OH is 2. The Hall–Kier alpha value is 0.840. The van der Waals surface area contributed by atoms with Crippen molar-refractivity contribution in [3.63, 3.8) is 0 Å². The predicted octanol–water partition coefficient (Wildman–Crippen LogP) is -5.03. The Balaban J connectivity index is -0.0000000150. The van der Waals surface area contributed by atoms with Gasteiger partial charge in [-0.05, 0) is 0 Å². The van der Waals surface area contributed by atoms with Gasteiger partial charge in [-0.25, -0.2) is 0 Å². The summed E-state index contributed by atoms with van der Waals surface area (Å²) in [5, 5.41) is 15.2. The number of aliphatic hydroxyl groups is 2. The molecule has 0 aromatic carbocycles. The summed E-state index contributed by atoms with van der Waals surface area (Å²) in [6, 6.07) is 0. The van der Waals surface area contributed by atoms with Crippen molar-refractivity contribution in [2.24, 2.45) is 0 Å². The zero-order chi connectivity index (χ0) is 3.41. The van der Waals surface area contributed by atoms with Crippen molar-refractivity contribution >= 4 is 0 Å². The second kappa shape index (κ2) is 28.9. The topological polar surface area (TPSA) is 102 Å². The van der Waals surface area contributed by atoms with E-state index in [2.05, 4.69) is 0 Å². The van der Waals surface area contributed by atoms with Gasteiger partial charge < -0.3 is 21.2 Å². The zero-order valence-corrected chi connectivity index (χ0v) is 6.26. The van der Waals surface area contributed by atoms with Gasteiger partial charge >= 0.3 is 29.6 Å². The molecule has 0 amide bonds. The maximum Gasteiger partial charge on any atom is 1.00 e. The second-order valence-corrected chi connectivity index (χ2v) is 0.447. The van der Waals surface area contributed by atoms with Gasteiger partial charge in [-0.3, -0.25) is 0 Å². The van der Waals surface area contributed by atoms with Crippen molar-refractivity contribution in [1.82, 2.24) is 0 Å². The van der Waals surface area contributed by atoms with Crippen molar-refractivity contribution in [2.45, 2.75) is 0 Å². The summed E-state index contributed by atoms with van der Waals surface area (Å²) in [7, 11) is 0. The summed E-state index contributed by atoms with van der Waals surface area (Å²) in [6.45, 7) is -0.250. The first-order chi connectivity index (χ1) is 1.91. The number of hydrogen-bond acceptors (Lipinski definition) is 3. The summed E-state index contributed by atoms with van der Waals surface area (Å²) < 4.78 is 0. The Kier molecular flexibility index (Phi) is 103. The first kappa shape index (κ1) is 24.9. The van der Waals surface area contributed by atoms with Gasteiger partial charge in [0.05, 0.1) is 13.2 Å². The molecule has 0 heterocycles. The molecule has 0 aliphatic rings. The average molecular weight is 120 g/mol. The van der Waals surface area contributed by atoms with E-state index in [0.717, 1.165) is 0 Å². The minimum Gasteiger partial charge on any atom is -0.870 e. The molecule has 0 aromatic rings. The number of hydrogen-bond donors (Lipinski definition) is 2. The Morgan fingerprint density at radius 3 is 1.14 bits per heavy atom. The summed E-state index contributed by atoms with van der Waals surface area (Å²) in [5.41, 5.74) is 0. The molecule has 0 radical (unpaired) electrons. The molecular weight excluding hydrogens is 111 g/mol. The van der Waals surface area contributed by atoms with Gasteiger partial charge in [0, 0.05) is 0 Å². The maximum atomic E-state index is 7.62. The summed E-state index contributed by atoms with van der Waals surface area (Å²) in [5.74, 6) is 0. The van der Waals surface area contributed by atoms with Crippen LogP contribution in [0.25, 0.3) is 0 Å². The molecule has 0 atom stereocenters. The largest absolute Gasteiger partial charge is 1.00 e. The van der Waals surface area contributed by atoms with Crippen LogP contribution in [-0.4, -0.2) is 34.4 Å². The molecule has 5 N–H and O–H groups in total. The average Bonchev–Trinajstić information content (AvgIpc) is 1.37. The van der Waals surface area contributed by atoms with Crippen LogP contribution in [0, 0.1) is 0 Å². The van der Waals surface area contributed by atoms with Crippen molar-refractivity contribution in [3.05, 3.63) is 0 Å². The normalized spacial score (nSPS) is 4.29. The Morgan fingerprint density at radius 1 is 1.00 bits per heavy atom. The molecule has 0 aliphatic heterocycles. The fourth-order valence-corrected chi connectivity index (χ4v) is 0. The van der Waals surface area contributed by atoms with Crippen LogP contribution in [0.15, 0.2) is 0 Å². The van der Waals surface area contributed by atoms with Crippen LogP contribution in [0.2, 0.25) is 0 Å². The standard InChI is InChI=1S/C2H6O2.Na.2H2O/c3-1-2-4;;;/h3-4H,1-2H2;;2*1H2/q;+1;;/p-1. The van der Waals surface area contributed by atoms with Crippen molar-refractivity contribution < 1.29 is 50.7 Å². The molecule has 42 valence electrons. The maximum absolute atomic E-state index is 7.62. The van der Waals surface area contributed by atoms with E-state index in [1.54, 1.807) is 0 Å². The van der Waals surface area contributed by atoms with Gasteiger partial charge in [0.25, 0.3) is 0 Å². The third-order valence-electron chi connectivity index (χ3n) is 0.1000. The molecule has 5 heteroatoms. The van der Waals surface area contributed by atoms with Crippen LogP contribution >= 0.6 is 0 Å². The van der Waals surface area contributed by atoms with E-state index in [1.807, 2.05) is 0 Å². The van der Waals surface area contributed by atoms with E-state index in [1.165, 1.54) is 0 Å². The Morgan fingerprint density at radius 2 is 1.14 bits per heavy atom. The third kappa shape index (κ3) is 47.3. The van der Waals surface area contributed by atoms with Crippen molar-refractivity contribution in [3.8, 4) is 0 Å². The molecule has 0 unspecified atom stereocenters. The molecule has 0 saturated heterocycles. The van der Waals surface area contributed by atoms with Crippen LogP contribution in [0.4, 0.5) is 0 Å². The molecule has 0 rings (SSSR count). The van der Waals surface area contributed by atoms with Gasteiger partial charge in [0.1, 0.15) is 0 Å². The SMILES string of the molecule is O.OCCO.[Na+].[OH-]. The minimum absolute atomic E-state index is 0. The van der Waals surface area contributed by atoms with Crippen LogP contribution in [0.3, 0.4) is 0 Å².